The summed E-state index contributed by atoms with van der Waals surface area (Å²) in [5.41, 5.74) is 0. The Morgan fingerprint density at radius 1 is 1.17 bits per heavy atom. The van der Waals surface area contributed by atoms with Crippen LogP contribution in [0.15, 0.2) is 0 Å². The molecule has 0 spiro atoms. The number of hydrogen-bond acceptors (Lipinski definition) is 4. The highest BCUT2D eigenvalue weighted by Gasteiger charge is 2.36. The number of rotatable bonds is 6. The molecule has 0 fully saturated rings. The minimum absolute atomic E-state index is 0.543. The maximum Gasteiger partial charge on any atom is 0.501 e. The molecule has 0 aromatic heterocycles. The fourth-order valence-corrected chi connectivity index (χ4v) is 2.46. The van der Waals surface area contributed by atoms with E-state index in [-0.39, 0.29) is 0 Å². The third kappa shape index (κ3) is 3.64. The molecule has 5 heteroatoms. The molecule has 4 nitrogen and oxygen atoms in total. The van der Waals surface area contributed by atoms with Crippen LogP contribution in [0.2, 0.25) is 6.04 Å². The minimum Gasteiger partial charge on any atom is -0.377 e. The molecule has 0 aliphatic carbocycles. The highest BCUT2D eigenvalue weighted by atomic mass is 28.4. The van der Waals surface area contributed by atoms with E-state index in [1.807, 2.05) is 25.9 Å². The maximum absolute atomic E-state index is 5.56. The van der Waals surface area contributed by atoms with Gasteiger partial charge in [-0.05, 0) is 14.1 Å². The van der Waals surface area contributed by atoms with E-state index < -0.39 is 8.80 Å². The fraction of sp³-hybridized carbons (Fsp3) is 1.00. The van der Waals surface area contributed by atoms with Crippen LogP contribution in [0, 0.1) is 0 Å². The lowest BCUT2D eigenvalue weighted by Gasteiger charge is -2.26. The van der Waals surface area contributed by atoms with Crippen LogP contribution in [0.25, 0.3) is 0 Å². The first kappa shape index (κ1) is 12.1. The molecular weight excluding hydrogens is 174 g/mol. The van der Waals surface area contributed by atoms with Crippen molar-refractivity contribution < 1.29 is 13.3 Å². The van der Waals surface area contributed by atoms with E-state index in [0.29, 0.717) is 6.73 Å². The largest absolute Gasteiger partial charge is 0.501 e. The molecule has 74 valence electrons. The molecule has 0 aliphatic heterocycles. The van der Waals surface area contributed by atoms with Crippen LogP contribution < -0.4 is 0 Å². The molecule has 0 unspecified atom stereocenters. The normalized spacial score (nSPS) is 12.5. The first-order valence-electron chi connectivity index (χ1n) is 3.99. The van der Waals surface area contributed by atoms with Crippen molar-refractivity contribution in [3.05, 3.63) is 0 Å². The van der Waals surface area contributed by atoms with Gasteiger partial charge in [0.15, 0.2) is 0 Å². The van der Waals surface area contributed by atoms with Gasteiger partial charge < -0.3 is 13.3 Å². The fourth-order valence-electron chi connectivity index (χ4n) is 0.819. The minimum atomic E-state index is -2.32. The average Bonchev–Trinajstić information content (AvgIpc) is 2.08. The summed E-state index contributed by atoms with van der Waals surface area (Å²) >= 11 is 0. The zero-order chi connectivity index (χ0) is 9.61. The van der Waals surface area contributed by atoms with Gasteiger partial charge >= 0.3 is 8.80 Å². The van der Waals surface area contributed by atoms with Gasteiger partial charge in [-0.2, -0.15) is 0 Å². The molecule has 0 amide bonds. The predicted molar refractivity (Wildman–Crippen MR) is 49.9 cm³/mol. The van der Waals surface area contributed by atoms with Gasteiger partial charge in [0.05, 0.1) is 6.73 Å². The summed E-state index contributed by atoms with van der Waals surface area (Å²) in [7, 11) is 4.83. The molecule has 0 radical (unpaired) electrons. The van der Waals surface area contributed by atoms with E-state index in [0.717, 1.165) is 6.04 Å². The van der Waals surface area contributed by atoms with Gasteiger partial charge in [-0.1, -0.05) is 6.92 Å². The van der Waals surface area contributed by atoms with Gasteiger partial charge in [0.25, 0.3) is 0 Å². The van der Waals surface area contributed by atoms with Crippen molar-refractivity contribution in [1.29, 1.82) is 0 Å². The average molecular weight is 193 g/mol. The summed E-state index contributed by atoms with van der Waals surface area (Å²) in [4.78, 5) is 1.94. The zero-order valence-corrected chi connectivity index (χ0v) is 9.59. The van der Waals surface area contributed by atoms with E-state index in [1.165, 1.54) is 0 Å². The molecule has 0 aliphatic rings. The van der Waals surface area contributed by atoms with Gasteiger partial charge in [-0.25, -0.2) is 0 Å². The van der Waals surface area contributed by atoms with Crippen LogP contribution in [-0.2, 0) is 13.3 Å². The lowest BCUT2D eigenvalue weighted by molar-refractivity contribution is 0.0574. The Kier molecular flexibility index (Phi) is 5.69. The zero-order valence-electron chi connectivity index (χ0n) is 8.59. The van der Waals surface area contributed by atoms with Crippen LogP contribution in [0.3, 0.4) is 0 Å². The van der Waals surface area contributed by atoms with E-state index in [9.17, 15) is 0 Å². The van der Waals surface area contributed by atoms with Crippen molar-refractivity contribution in [1.82, 2.24) is 4.90 Å². The van der Waals surface area contributed by atoms with E-state index >= 15 is 0 Å². The van der Waals surface area contributed by atoms with E-state index in [2.05, 4.69) is 0 Å². The second kappa shape index (κ2) is 5.66. The van der Waals surface area contributed by atoms with Crippen LogP contribution in [-0.4, -0.2) is 48.8 Å². The maximum atomic E-state index is 5.56. The standard InChI is InChI=1S/C7H19NO3Si/c1-6-12(9-4,10-5)11-7-8(2)3/h6-7H2,1-5H3. The Balaban J connectivity index is 3.93. The van der Waals surface area contributed by atoms with Gasteiger partial charge in [0, 0.05) is 20.3 Å². The molecule has 0 saturated heterocycles. The van der Waals surface area contributed by atoms with Crippen LogP contribution in [0.5, 0.6) is 0 Å². The summed E-state index contributed by atoms with van der Waals surface area (Å²) in [6.45, 7) is 2.55. The molecule has 0 aromatic carbocycles. The van der Waals surface area contributed by atoms with Gasteiger partial charge in [-0.15, -0.1) is 0 Å². The monoisotopic (exact) mass is 193 g/mol. The van der Waals surface area contributed by atoms with Crippen LogP contribution in [0.1, 0.15) is 6.92 Å². The summed E-state index contributed by atoms with van der Waals surface area (Å²) in [6, 6.07) is 0.799. The summed E-state index contributed by atoms with van der Waals surface area (Å²) < 4.78 is 16.1. The topological polar surface area (TPSA) is 30.9 Å². The van der Waals surface area contributed by atoms with Crippen molar-refractivity contribution in [2.75, 3.05) is 35.0 Å². The highest BCUT2D eigenvalue weighted by Crippen LogP contribution is 2.12. The molecule has 0 rings (SSSR count). The van der Waals surface area contributed by atoms with Crippen molar-refractivity contribution >= 4 is 8.80 Å². The molecule has 0 N–H and O–H groups in total. The molecule has 0 heterocycles. The second-order valence-electron chi connectivity index (χ2n) is 2.80. The first-order valence-corrected chi connectivity index (χ1v) is 5.92. The molecule has 0 aromatic rings. The van der Waals surface area contributed by atoms with Gasteiger partial charge in [0.2, 0.25) is 0 Å². The summed E-state index contributed by atoms with van der Waals surface area (Å²) in [5.74, 6) is 0. The van der Waals surface area contributed by atoms with Crippen LogP contribution in [0.4, 0.5) is 0 Å². The Hall–Kier alpha value is 0.0569. The SMILES string of the molecule is CC[Si](OC)(OC)OCN(C)C. The summed E-state index contributed by atoms with van der Waals surface area (Å²) in [6.07, 6.45) is 0. The molecule has 0 atom stereocenters. The predicted octanol–water partition coefficient (Wildman–Crippen LogP) is 0.774. The van der Waals surface area contributed by atoms with Crippen molar-refractivity contribution in [2.45, 2.75) is 13.0 Å². The van der Waals surface area contributed by atoms with E-state index in [4.69, 9.17) is 13.3 Å². The molecule has 12 heavy (non-hydrogen) atoms. The Bertz CT molecular complexity index is 109. The van der Waals surface area contributed by atoms with Crippen molar-refractivity contribution in [3.63, 3.8) is 0 Å². The molecule has 0 saturated carbocycles. The number of hydrogen-bond donors (Lipinski definition) is 0. The quantitative estimate of drug-likeness (QED) is 0.460. The molecular formula is C7H19NO3Si. The first-order chi connectivity index (χ1) is 5.60. The van der Waals surface area contributed by atoms with Crippen LogP contribution >= 0.6 is 0 Å². The van der Waals surface area contributed by atoms with Gasteiger partial charge in [-0.3, -0.25) is 4.90 Å². The number of nitrogens with zero attached hydrogens (tertiary/aromatic N) is 1. The second-order valence-corrected chi connectivity index (χ2v) is 5.98. The Morgan fingerprint density at radius 3 is 1.92 bits per heavy atom. The summed E-state index contributed by atoms with van der Waals surface area (Å²) in [5, 5.41) is 0. The van der Waals surface area contributed by atoms with Crippen molar-refractivity contribution in [3.8, 4) is 0 Å². The smallest absolute Gasteiger partial charge is 0.377 e. The lowest BCUT2D eigenvalue weighted by Crippen LogP contribution is -2.45. The highest BCUT2D eigenvalue weighted by molar-refractivity contribution is 6.60. The molecule has 0 bridgehead atoms. The Morgan fingerprint density at radius 2 is 1.67 bits per heavy atom. The van der Waals surface area contributed by atoms with E-state index in [1.54, 1.807) is 14.2 Å². The third-order valence-corrected chi connectivity index (χ3v) is 4.28. The Labute approximate surface area is 75.8 Å². The van der Waals surface area contributed by atoms with Gasteiger partial charge in [0.1, 0.15) is 0 Å². The lowest BCUT2D eigenvalue weighted by atomic mass is 11.0. The third-order valence-electron chi connectivity index (χ3n) is 1.60. The van der Waals surface area contributed by atoms with Crippen molar-refractivity contribution in [2.24, 2.45) is 0 Å².